The quantitative estimate of drug-likeness (QED) is 0.536. The lowest BCUT2D eigenvalue weighted by Crippen LogP contribution is -2.31. The lowest BCUT2D eigenvalue weighted by molar-refractivity contribution is 0.0904. The highest BCUT2D eigenvalue weighted by Gasteiger charge is 2.22. The van der Waals surface area contributed by atoms with Crippen molar-refractivity contribution in [1.82, 2.24) is 20.1 Å². The summed E-state index contributed by atoms with van der Waals surface area (Å²) in [4.78, 5) is 17.7. The fourth-order valence-corrected chi connectivity index (χ4v) is 4.24. The van der Waals surface area contributed by atoms with Gasteiger partial charge in [0, 0.05) is 38.5 Å². The minimum absolute atomic E-state index is 0.183. The fourth-order valence-electron chi connectivity index (χ4n) is 3.94. The molecule has 0 aliphatic carbocycles. The Morgan fingerprint density at radius 2 is 2.12 bits per heavy atom. The first-order valence-electron chi connectivity index (χ1n) is 10.9. The zero-order valence-electron chi connectivity index (χ0n) is 18.4. The molecule has 1 fully saturated rings. The first-order valence-corrected chi connectivity index (χ1v) is 11.3. The summed E-state index contributed by atoms with van der Waals surface area (Å²) in [5, 5.41) is 12.4. The number of benzene rings is 1. The van der Waals surface area contributed by atoms with E-state index in [1.54, 1.807) is 19.5 Å². The number of aromatic nitrogens is 3. The summed E-state index contributed by atoms with van der Waals surface area (Å²) in [6.45, 7) is 4.59. The van der Waals surface area contributed by atoms with Crippen LogP contribution in [0.15, 0.2) is 30.6 Å². The Hall–Kier alpha value is -2.84. The average Bonchev–Trinajstić information content (AvgIpc) is 3.24. The summed E-state index contributed by atoms with van der Waals surface area (Å²) in [6, 6.07) is 5.88. The van der Waals surface area contributed by atoms with E-state index in [-0.39, 0.29) is 11.9 Å². The molecular formula is C23H28ClN5O3. The Morgan fingerprint density at radius 1 is 1.31 bits per heavy atom. The molecule has 170 valence electrons. The van der Waals surface area contributed by atoms with Crippen molar-refractivity contribution in [3.63, 3.8) is 0 Å². The van der Waals surface area contributed by atoms with Gasteiger partial charge in [-0.3, -0.25) is 4.79 Å². The van der Waals surface area contributed by atoms with Gasteiger partial charge in [0.2, 0.25) is 0 Å². The molecule has 2 N–H and O–H groups in total. The van der Waals surface area contributed by atoms with E-state index in [0.717, 1.165) is 35.1 Å². The summed E-state index contributed by atoms with van der Waals surface area (Å²) in [6.07, 6.45) is 5.78. The van der Waals surface area contributed by atoms with Crippen LogP contribution in [0.1, 0.15) is 35.7 Å². The Labute approximate surface area is 192 Å². The zero-order chi connectivity index (χ0) is 22.5. The molecule has 4 rings (SSSR count). The van der Waals surface area contributed by atoms with Crippen LogP contribution in [0.4, 0.5) is 5.69 Å². The molecule has 1 aliphatic heterocycles. The standard InChI is InChI=1S/C23H28ClN5O3/c1-3-29-22-17(14-27-29)21(28-16-8-11-32-12-9-16)18(13-26-22)23(30)25-10-7-15-5-4-6-19(31-2)20(15)24/h4-6,13-14,16H,3,7-12H2,1-2H3,(H,25,30)(H,26,28). The monoisotopic (exact) mass is 457 g/mol. The number of amides is 1. The summed E-state index contributed by atoms with van der Waals surface area (Å²) in [5.41, 5.74) is 2.97. The van der Waals surface area contributed by atoms with Crippen molar-refractivity contribution < 1.29 is 14.3 Å². The number of nitrogens with one attached hydrogen (secondary N) is 2. The van der Waals surface area contributed by atoms with Gasteiger partial charge in [-0.25, -0.2) is 9.67 Å². The third-order valence-corrected chi connectivity index (χ3v) is 6.15. The third kappa shape index (κ3) is 4.66. The summed E-state index contributed by atoms with van der Waals surface area (Å²) in [5.74, 6) is 0.443. The van der Waals surface area contributed by atoms with Crippen molar-refractivity contribution >= 4 is 34.2 Å². The van der Waals surface area contributed by atoms with E-state index in [4.69, 9.17) is 21.1 Å². The molecule has 0 bridgehead atoms. The first kappa shape index (κ1) is 22.4. The molecule has 3 heterocycles. The number of methoxy groups -OCH3 is 1. The van der Waals surface area contributed by atoms with Gasteiger partial charge in [0.15, 0.2) is 5.65 Å². The number of nitrogens with zero attached hydrogens (tertiary/aromatic N) is 3. The number of anilines is 1. The summed E-state index contributed by atoms with van der Waals surface area (Å²) >= 11 is 6.38. The van der Waals surface area contributed by atoms with Gasteiger partial charge in [0.05, 0.1) is 35.0 Å². The zero-order valence-corrected chi connectivity index (χ0v) is 19.1. The highest BCUT2D eigenvalue weighted by molar-refractivity contribution is 6.32. The number of pyridine rings is 1. The maximum atomic E-state index is 13.1. The molecule has 3 aromatic rings. The van der Waals surface area contributed by atoms with Crippen molar-refractivity contribution in [3.05, 3.63) is 46.7 Å². The fraction of sp³-hybridized carbons (Fsp3) is 0.435. The molecular weight excluding hydrogens is 430 g/mol. The highest BCUT2D eigenvalue weighted by Crippen LogP contribution is 2.29. The molecule has 0 unspecified atom stereocenters. The van der Waals surface area contributed by atoms with Gasteiger partial charge in [-0.2, -0.15) is 5.10 Å². The minimum atomic E-state index is -0.183. The number of ether oxygens (including phenoxy) is 2. The molecule has 9 heteroatoms. The van der Waals surface area contributed by atoms with Gasteiger partial charge in [-0.15, -0.1) is 0 Å². The lowest BCUT2D eigenvalue weighted by atomic mass is 10.1. The smallest absolute Gasteiger partial charge is 0.254 e. The van der Waals surface area contributed by atoms with Crippen molar-refractivity contribution in [1.29, 1.82) is 0 Å². The van der Waals surface area contributed by atoms with Crippen LogP contribution in [-0.4, -0.2) is 53.6 Å². The van der Waals surface area contributed by atoms with Gasteiger partial charge >= 0.3 is 0 Å². The maximum Gasteiger partial charge on any atom is 0.254 e. The lowest BCUT2D eigenvalue weighted by Gasteiger charge is -2.25. The Kier molecular flexibility index (Phi) is 7.12. The second-order valence-corrected chi connectivity index (χ2v) is 8.09. The van der Waals surface area contributed by atoms with Crippen molar-refractivity contribution in [2.24, 2.45) is 0 Å². The van der Waals surface area contributed by atoms with Crippen LogP contribution >= 0.6 is 11.6 Å². The molecule has 32 heavy (non-hydrogen) atoms. The molecule has 0 spiro atoms. The van der Waals surface area contributed by atoms with Crippen LogP contribution in [0.3, 0.4) is 0 Å². The minimum Gasteiger partial charge on any atom is -0.495 e. The second-order valence-electron chi connectivity index (χ2n) is 7.71. The normalized spacial score (nSPS) is 14.5. The van der Waals surface area contributed by atoms with Crippen LogP contribution in [0, 0.1) is 0 Å². The van der Waals surface area contributed by atoms with Gasteiger partial charge in [-0.1, -0.05) is 23.7 Å². The first-order chi connectivity index (χ1) is 15.6. The van der Waals surface area contributed by atoms with Gasteiger partial charge in [-0.05, 0) is 37.8 Å². The molecule has 0 saturated carbocycles. The van der Waals surface area contributed by atoms with E-state index in [2.05, 4.69) is 20.7 Å². The molecule has 8 nitrogen and oxygen atoms in total. The van der Waals surface area contributed by atoms with Gasteiger partial charge in [0.25, 0.3) is 5.91 Å². The number of carbonyl (C=O) groups is 1. The van der Waals surface area contributed by atoms with Crippen LogP contribution < -0.4 is 15.4 Å². The maximum absolute atomic E-state index is 13.1. The number of hydrogen-bond acceptors (Lipinski definition) is 6. The summed E-state index contributed by atoms with van der Waals surface area (Å²) < 4.78 is 12.6. The third-order valence-electron chi connectivity index (χ3n) is 5.72. The van der Waals surface area contributed by atoms with E-state index in [1.807, 2.05) is 29.8 Å². The molecule has 1 aliphatic rings. The van der Waals surface area contributed by atoms with Crippen molar-refractivity contribution in [3.8, 4) is 5.75 Å². The number of halogens is 1. The van der Waals surface area contributed by atoms with E-state index in [1.165, 1.54) is 0 Å². The predicted octanol–water partition coefficient (Wildman–Crippen LogP) is 3.68. The van der Waals surface area contributed by atoms with Crippen molar-refractivity contribution in [2.45, 2.75) is 38.8 Å². The van der Waals surface area contributed by atoms with Crippen LogP contribution in [-0.2, 0) is 17.7 Å². The number of aryl methyl sites for hydroxylation is 1. The molecule has 1 aromatic carbocycles. The van der Waals surface area contributed by atoms with Crippen LogP contribution in [0.25, 0.3) is 11.0 Å². The highest BCUT2D eigenvalue weighted by atomic mass is 35.5. The average molecular weight is 458 g/mol. The largest absolute Gasteiger partial charge is 0.495 e. The van der Waals surface area contributed by atoms with E-state index < -0.39 is 0 Å². The Morgan fingerprint density at radius 3 is 2.88 bits per heavy atom. The summed E-state index contributed by atoms with van der Waals surface area (Å²) in [7, 11) is 1.59. The number of carbonyl (C=O) groups excluding carboxylic acids is 1. The van der Waals surface area contributed by atoms with E-state index >= 15 is 0 Å². The van der Waals surface area contributed by atoms with E-state index in [9.17, 15) is 4.79 Å². The van der Waals surface area contributed by atoms with Crippen molar-refractivity contribution in [2.75, 3.05) is 32.2 Å². The second kappa shape index (κ2) is 10.2. The molecule has 1 saturated heterocycles. The molecule has 1 amide bonds. The van der Waals surface area contributed by atoms with Gasteiger partial charge in [0.1, 0.15) is 5.75 Å². The Balaban J connectivity index is 1.54. The van der Waals surface area contributed by atoms with Crippen LogP contribution in [0.5, 0.6) is 5.75 Å². The number of hydrogen-bond donors (Lipinski definition) is 2. The Bertz CT molecular complexity index is 1090. The molecule has 0 atom stereocenters. The SMILES string of the molecule is CCn1ncc2c(NC3CCOCC3)c(C(=O)NCCc3cccc(OC)c3Cl)cnc21. The molecule has 0 radical (unpaired) electrons. The topological polar surface area (TPSA) is 90.3 Å². The van der Waals surface area contributed by atoms with Gasteiger partial charge < -0.3 is 20.1 Å². The number of fused-ring (bicyclic) bond motifs is 1. The number of rotatable bonds is 8. The predicted molar refractivity (Wildman–Crippen MR) is 125 cm³/mol. The van der Waals surface area contributed by atoms with Crippen LogP contribution in [0.2, 0.25) is 5.02 Å². The van der Waals surface area contributed by atoms with E-state index in [0.29, 0.717) is 49.1 Å². The molecule has 2 aromatic heterocycles.